The molecule has 0 aliphatic rings. The van der Waals surface area contributed by atoms with E-state index in [0.717, 1.165) is 5.56 Å². The molecular weight excluding hydrogens is 240 g/mol. The van der Waals surface area contributed by atoms with Crippen LogP contribution in [0.5, 0.6) is 0 Å². The molecule has 3 aromatic rings. The summed E-state index contributed by atoms with van der Waals surface area (Å²) in [6, 6.07) is 12.7. The van der Waals surface area contributed by atoms with Gasteiger partial charge in [0.2, 0.25) is 5.43 Å². The van der Waals surface area contributed by atoms with Gasteiger partial charge in [0.15, 0.2) is 0 Å². The van der Waals surface area contributed by atoms with Crippen LogP contribution < -0.4 is 16.2 Å². The van der Waals surface area contributed by atoms with E-state index < -0.39 is 10.9 Å². The summed E-state index contributed by atoms with van der Waals surface area (Å²) in [5.74, 6) is 0. The normalized spacial score (nSPS) is 10.5. The van der Waals surface area contributed by atoms with Gasteiger partial charge >= 0.3 is 0 Å². The molecular formula is C15H10N2O2. The minimum atomic E-state index is -0.484. The molecule has 0 spiro atoms. The lowest BCUT2D eigenvalue weighted by atomic mass is 9.98. The second-order valence-electron chi connectivity index (χ2n) is 4.14. The number of benzene rings is 1. The van der Waals surface area contributed by atoms with E-state index in [4.69, 9.17) is 0 Å². The van der Waals surface area contributed by atoms with Crippen LogP contribution in [0.25, 0.3) is 11.1 Å². The van der Waals surface area contributed by atoms with Gasteiger partial charge < -0.3 is 5.32 Å². The van der Waals surface area contributed by atoms with Crippen LogP contribution >= 0.6 is 0 Å². The van der Waals surface area contributed by atoms with Crippen molar-refractivity contribution in [1.82, 2.24) is 4.98 Å². The summed E-state index contributed by atoms with van der Waals surface area (Å²) >= 11 is 0. The van der Waals surface area contributed by atoms with Gasteiger partial charge in [0, 0.05) is 6.20 Å². The Hall–Kier alpha value is -2.75. The first-order valence-electron chi connectivity index (χ1n) is 5.83. The second-order valence-corrected chi connectivity index (χ2v) is 4.14. The van der Waals surface area contributed by atoms with Crippen molar-refractivity contribution in [3.05, 3.63) is 75.3 Å². The first kappa shape index (κ1) is 11.3. The van der Waals surface area contributed by atoms with Crippen LogP contribution in [0.3, 0.4) is 0 Å². The Balaban J connectivity index is 2.03. The van der Waals surface area contributed by atoms with Crippen molar-refractivity contribution in [3.8, 4) is 11.1 Å². The van der Waals surface area contributed by atoms with Crippen LogP contribution in [-0.4, -0.2) is 4.98 Å². The molecule has 0 radical (unpaired) electrons. The fourth-order valence-corrected chi connectivity index (χ4v) is 1.97. The van der Waals surface area contributed by atoms with Gasteiger partial charge in [0.1, 0.15) is 5.69 Å². The minimum Gasteiger partial charge on any atom is -0.350 e. The quantitative estimate of drug-likeness (QED) is 0.723. The average molecular weight is 250 g/mol. The first-order valence-corrected chi connectivity index (χ1v) is 5.83. The van der Waals surface area contributed by atoms with Crippen molar-refractivity contribution in [3.63, 3.8) is 0 Å². The fourth-order valence-electron chi connectivity index (χ4n) is 1.97. The molecule has 4 nitrogen and oxygen atoms in total. The highest BCUT2D eigenvalue weighted by molar-refractivity contribution is 5.84. The van der Waals surface area contributed by atoms with Crippen LogP contribution in [0.2, 0.25) is 0 Å². The summed E-state index contributed by atoms with van der Waals surface area (Å²) in [7, 11) is 0. The largest absolute Gasteiger partial charge is 0.350 e. The standard InChI is InChI=1S/C15H10N2O2/c18-14-12(10-5-2-1-3-6-10)13(15(14)19)17-11-7-4-8-16-9-11/h1-9,17H. The third-order valence-electron chi connectivity index (χ3n) is 2.90. The molecule has 3 rings (SSSR count). The summed E-state index contributed by atoms with van der Waals surface area (Å²) in [4.78, 5) is 27.3. The number of nitrogens with one attached hydrogen (secondary N) is 1. The van der Waals surface area contributed by atoms with Crippen molar-refractivity contribution in [2.45, 2.75) is 0 Å². The zero-order valence-corrected chi connectivity index (χ0v) is 9.96. The zero-order chi connectivity index (χ0) is 13.2. The lowest BCUT2D eigenvalue weighted by Gasteiger charge is -2.12. The maximum atomic E-state index is 11.7. The molecule has 1 aromatic heterocycles. The first-order chi connectivity index (χ1) is 9.27. The van der Waals surface area contributed by atoms with Crippen LogP contribution in [0.4, 0.5) is 11.4 Å². The van der Waals surface area contributed by atoms with E-state index in [-0.39, 0.29) is 0 Å². The van der Waals surface area contributed by atoms with Gasteiger partial charge in [0.05, 0.1) is 17.4 Å². The minimum absolute atomic E-state index is 0.337. The highest BCUT2D eigenvalue weighted by Crippen LogP contribution is 2.25. The number of aromatic nitrogens is 1. The summed E-state index contributed by atoms with van der Waals surface area (Å²) in [5.41, 5.74) is 1.28. The Bertz CT molecular complexity index is 773. The Labute approximate surface area is 109 Å². The fraction of sp³-hybridized carbons (Fsp3) is 0. The van der Waals surface area contributed by atoms with E-state index in [1.807, 2.05) is 30.3 Å². The van der Waals surface area contributed by atoms with Gasteiger partial charge in [-0.1, -0.05) is 30.3 Å². The van der Waals surface area contributed by atoms with Crippen molar-refractivity contribution < 1.29 is 0 Å². The Kier molecular flexibility index (Phi) is 2.68. The van der Waals surface area contributed by atoms with Crippen LogP contribution in [0.15, 0.2) is 64.4 Å². The van der Waals surface area contributed by atoms with Crippen LogP contribution in [0.1, 0.15) is 0 Å². The molecule has 4 heteroatoms. The molecule has 1 heterocycles. The van der Waals surface area contributed by atoms with Crippen molar-refractivity contribution in [2.24, 2.45) is 0 Å². The third kappa shape index (κ3) is 1.93. The molecule has 0 bridgehead atoms. The molecule has 92 valence electrons. The third-order valence-corrected chi connectivity index (χ3v) is 2.90. The van der Waals surface area contributed by atoms with E-state index in [0.29, 0.717) is 16.9 Å². The van der Waals surface area contributed by atoms with Gasteiger partial charge in [-0.2, -0.15) is 0 Å². The predicted octanol–water partition coefficient (Wildman–Crippen LogP) is 2.09. The zero-order valence-electron chi connectivity index (χ0n) is 9.96. The van der Waals surface area contributed by atoms with E-state index in [2.05, 4.69) is 10.3 Å². The van der Waals surface area contributed by atoms with E-state index in [9.17, 15) is 9.59 Å². The maximum Gasteiger partial charge on any atom is 0.250 e. The lowest BCUT2D eigenvalue weighted by Crippen LogP contribution is -2.35. The van der Waals surface area contributed by atoms with E-state index >= 15 is 0 Å². The van der Waals surface area contributed by atoms with E-state index in [1.54, 1.807) is 24.5 Å². The maximum absolute atomic E-state index is 11.7. The second kappa shape index (κ2) is 4.49. The van der Waals surface area contributed by atoms with E-state index in [1.165, 1.54) is 0 Å². The van der Waals surface area contributed by atoms with Crippen molar-refractivity contribution in [2.75, 3.05) is 5.32 Å². The number of pyridine rings is 1. The summed E-state index contributed by atoms with van der Waals surface area (Å²) < 4.78 is 0. The monoisotopic (exact) mass is 250 g/mol. The number of hydrogen-bond donors (Lipinski definition) is 1. The molecule has 0 amide bonds. The number of hydrogen-bond acceptors (Lipinski definition) is 4. The van der Waals surface area contributed by atoms with Gasteiger partial charge in [-0.05, 0) is 17.7 Å². The molecule has 0 atom stereocenters. The Morgan fingerprint density at radius 1 is 0.895 bits per heavy atom. The highest BCUT2D eigenvalue weighted by atomic mass is 16.2. The Morgan fingerprint density at radius 2 is 1.68 bits per heavy atom. The molecule has 1 N–H and O–H groups in total. The lowest BCUT2D eigenvalue weighted by molar-refractivity contribution is 1.31. The molecule has 0 saturated heterocycles. The molecule has 0 saturated carbocycles. The number of anilines is 2. The predicted molar refractivity (Wildman–Crippen MR) is 74.3 cm³/mol. The van der Waals surface area contributed by atoms with Crippen LogP contribution in [0, 0.1) is 0 Å². The van der Waals surface area contributed by atoms with Crippen molar-refractivity contribution >= 4 is 11.4 Å². The highest BCUT2D eigenvalue weighted by Gasteiger charge is 2.21. The van der Waals surface area contributed by atoms with Gasteiger partial charge in [-0.15, -0.1) is 0 Å². The van der Waals surface area contributed by atoms with Gasteiger partial charge in [0.25, 0.3) is 5.43 Å². The molecule has 2 aromatic carbocycles. The SMILES string of the molecule is O=c1c(Nc2cccnc2)c(-c2ccccc2)c1=O. The summed E-state index contributed by atoms with van der Waals surface area (Å²) in [6.45, 7) is 0. The number of rotatable bonds is 3. The molecule has 0 unspecified atom stereocenters. The summed E-state index contributed by atoms with van der Waals surface area (Å²) in [6.07, 6.45) is 3.25. The Morgan fingerprint density at radius 3 is 2.37 bits per heavy atom. The average Bonchev–Trinajstić information content (AvgIpc) is 2.48. The molecule has 19 heavy (non-hydrogen) atoms. The summed E-state index contributed by atoms with van der Waals surface area (Å²) in [5, 5.41) is 2.95. The van der Waals surface area contributed by atoms with Crippen molar-refractivity contribution in [1.29, 1.82) is 0 Å². The van der Waals surface area contributed by atoms with Crippen LogP contribution in [-0.2, 0) is 0 Å². The number of nitrogens with zero attached hydrogens (tertiary/aromatic N) is 1. The smallest absolute Gasteiger partial charge is 0.250 e. The topological polar surface area (TPSA) is 59.1 Å². The van der Waals surface area contributed by atoms with Gasteiger partial charge in [-0.3, -0.25) is 14.6 Å². The molecule has 0 aliphatic heterocycles. The molecule has 0 aliphatic carbocycles. The van der Waals surface area contributed by atoms with Gasteiger partial charge in [-0.25, -0.2) is 0 Å². The molecule has 0 fully saturated rings.